The number of Topliss-reactive ketones (excluding diaryl/α,β-unsaturated/α-hetero) is 1. The van der Waals surface area contributed by atoms with Gasteiger partial charge in [-0.25, -0.2) is 4.79 Å². The van der Waals surface area contributed by atoms with Gasteiger partial charge in [-0.3, -0.25) is 14.4 Å². The molecule has 0 spiro atoms. The van der Waals surface area contributed by atoms with E-state index >= 15 is 0 Å². The molecule has 5 aliphatic carbocycles. The minimum absolute atomic E-state index is 0.00433. The Morgan fingerprint density at radius 1 is 0.882 bits per heavy atom. The van der Waals surface area contributed by atoms with Gasteiger partial charge in [0, 0.05) is 11.8 Å². The van der Waals surface area contributed by atoms with Crippen LogP contribution in [0.2, 0.25) is 0 Å². The van der Waals surface area contributed by atoms with E-state index in [2.05, 4.69) is 45.3 Å². The second kappa shape index (κ2) is 12.2. The molecular weight excluding hydrogens is 661 g/mol. The van der Waals surface area contributed by atoms with Crippen LogP contribution in [-0.2, 0) is 19.1 Å². The van der Waals surface area contributed by atoms with E-state index in [0.717, 1.165) is 63.5 Å². The van der Waals surface area contributed by atoms with Gasteiger partial charge in [0.2, 0.25) is 0 Å². The molecule has 0 heterocycles. The lowest BCUT2D eigenvalue weighted by Gasteiger charge is -2.72. The normalized spacial score (nSPS) is 37.9. The van der Waals surface area contributed by atoms with E-state index in [1.807, 2.05) is 13.8 Å². The number of amides is 2. The molecule has 8 nitrogen and oxygen atoms in total. The molecule has 4 saturated carbocycles. The second-order valence-electron chi connectivity index (χ2n) is 19.7. The van der Waals surface area contributed by atoms with E-state index in [1.165, 1.54) is 13.8 Å². The Kier molecular flexibility index (Phi) is 9.49. The number of carboxylic acid groups (broad SMARTS) is 1. The van der Waals surface area contributed by atoms with Gasteiger partial charge in [-0.05, 0) is 130 Å². The molecule has 5 rings (SSSR count). The fraction of sp³-hybridized carbons (Fsp3) is 0.850. The van der Waals surface area contributed by atoms with Crippen molar-refractivity contribution in [3.63, 3.8) is 0 Å². The van der Waals surface area contributed by atoms with Crippen molar-refractivity contribution >= 4 is 23.8 Å². The molecule has 0 aliphatic heterocycles. The van der Waals surface area contributed by atoms with Crippen LogP contribution in [0.5, 0.6) is 0 Å². The number of fused-ring (bicyclic) bond motifs is 7. The number of urea groups is 1. The van der Waals surface area contributed by atoms with Gasteiger partial charge in [0.1, 0.15) is 11.6 Å². The molecule has 3 unspecified atom stereocenters. The van der Waals surface area contributed by atoms with Crippen LogP contribution in [0.25, 0.3) is 0 Å². The number of halogens is 3. The number of carbonyl (C=O) groups is 4. The standard InChI is InChI=1S/C40H61F3N2O6/c1-22(2)29-24(46)20-39(45-32(50)44-35(7,8)40(41,42)43)19-18-37(10)23(30(29)39)12-13-26-36(9)16-15-27(51-28(47)21-33(3,4)31(48)49)34(5,6)25(36)14-17-38(26,37)11/h22-23,25-27H,12-21H2,1-11H3,(H,48,49)(H2,44,45,50)/t23?,25?,26?,27-,36-,37+,38+,39+/m0/s1. The van der Waals surface area contributed by atoms with Crippen molar-refractivity contribution in [2.45, 2.75) is 164 Å². The predicted molar refractivity (Wildman–Crippen MR) is 187 cm³/mol. The Morgan fingerprint density at radius 3 is 2.08 bits per heavy atom. The summed E-state index contributed by atoms with van der Waals surface area (Å²) in [6.07, 6.45) is 1.32. The number of allylic oxidation sites excluding steroid dienone is 1. The monoisotopic (exact) mass is 722 g/mol. The van der Waals surface area contributed by atoms with Crippen LogP contribution in [-0.4, -0.2) is 52.2 Å². The Hall–Kier alpha value is -2.59. The summed E-state index contributed by atoms with van der Waals surface area (Å²) in [4.78, 5) is 51.9. The minimum Gasteiger partial charge on any atom is -0.481 e. The van der Waals surface area contributed by atoms with E-state index in [4.69, 9.17) is 4.74 Å². The summed E-state index contributed by atoms with van der Waals surface area (Å²) in [6.45, 7) is 20.5. The maximum Gasteiger partial charge on any atom is 0.411 e. The number of alkyl halides is 3. The molecule has 288 valence electrons. The fourth-order valence-corrected chi connectivity index (χ4v) is 12.2. The fourth-order valence-electron chi connectivity index (χ4n) is 12.2. The van der Waals surface area contributed by atoms with E-state index in [1.54, 1.807) is 0 Å². The number of hydrogen-bond acceptors (Lipinski definition) is 5. The summed E-state index contributed by atoms with van der Waals surface area (Å²) in [5, 5.41) is 14.7. The van der Waals surface area contributed by atoms with Crippen LogP contribution >= 0.6 is 0 Å². The first kappa shape index (κ1) is 39.6. The van der Waals surface area contributed by atoms with Crippen molar-refractivity contribution in [2.75, 3.05) is 0 Å². The molecule has 0 aromatic rings. The number of nitrogens with one attached hydrogen (secondary N) is 2. The van der Waals surface area contributed by atoms with Gasteiger partial charge in [0.05, 0.1) is 17.4 Å². The van der Waals surface area contributed by atoms with E-state index in [0.29, 0.717) is 18.8 Å². The summed E-state index contributed by atoms with van der Waals surface area (Å²) >= 11 is 0. The minimum atomic E-state index is -4.64. The van der Waals surface area contributed by atoms with Crippen molar-refractivity contribution in [1.82, 2.24) is 10.6 Å². The maximum absolute atomic E-state index is 13.8. The van der Waals surface area contributed by atoms with Gasteiger partial charge < -0.3 is 20.5 Å². The van der Waals surface area contributed by atoms with Crippen LogP contribution < -0.4 is 10.6 Å². The summed E-state index contributed by atoms with van der Waals surface area (Å²) in [7, 11) is 0. The molecular formula is C40H61F3N2O6. The molecule has 51 heavy (non-hydrogen) atoms. The first-order chi connectivity index (χ1) is 23.1. The Bertz CT molecular complexity index is 1520. The molecule has 0 aromatic carbocycles. The molecule has 8 atom stereocenters. The van der Waals surface area contributed by atoms with Gasteiger partial charge >= 0.3 is 24.1 Å². The zero-order valence-corrected chi connectivity index (χ0v) is 32.6. The van der Waals surface area contributed by atoms with Crippen molar-refractivity contribution in [3.05, 3.63) is 11.1 Å². The summed E-state index contributed by atoms with van der Waals surface area (Å²) in [5.41, 5.74) is -3.70. The topological polar surface area (TPSA) is 122 Å². The highest BCUT2D eigenvalue weighted by Crippen LogP contribution is 2.76. The van der Waals surface area contributed by atoms with Gasteiger partial charge in [-0.15, -0.1) is 0 Å². The zero-order valence-electron chi connectivity index (χ0n) is 32.6. The number of carbonyl (C=O) groups excluding carboxylic acids is 3. The molecule has 2 amide bonds. The molecule has 0 bridgehead atoms. The highest BCUT2D eigenvalue weighted by molar-refractivity contribution is 6.02. The SMILES string of the molecule is CC(C)C1=C2C3CCC4[C@@]5(C)CC[C@H](OC(=O)CC(C)(C)C(=O)O)C(C)(C)C5CC[C@@]4(C)[C@]3(C)CC[C@@]2(NC(=O)NC(C)(C)C(F)(F)F)CC1=O. The van der Waals surface area contributed by atoms with Gasteiger partial charge in [0.15, 0.2) is 5.78 Å². The number of hydrogen-bond donors (Lipinski definition) is 3. The van der Waals surface area contributed by atoms with Gasteiger partial charge in [0.25, 0.3) is 0 Å². The Morgan fingerprint density at radius 2 is 1.51 bits per heavy atom. The summed E-state index contributed by atoms with van der Waals surface area (Å²) in [5.74, 6) is -1.01. The average molecular weight is 723 g/mol. The summed E-state index contributed by atoms with van der Waals surface area (Å²) in [6, 6.07) is -0.907. The van der Waals surface area contributed by atoms with Crippen LogP contribution in [0.1, 0.15) is 140 Å². The summed E-state index contributed by atoms with van der Waals surface area (Å²) < 4.78 is 47.4. The molecule has 5 aliphatic rings. The second-order valence-corrected chi connectivity index (χ2v) is 19.7. The zero-order chi connectivity index (χ0) is 38.5. The molecule has 0 aromatic heterocycles. The van der Waals surface area contributed by atoms with E-state index < -0.39 is 40.6 Å². The molecule has 0 radical (unpaired) electrons. The third-order valence-corrected chi connectivity index (χ3v) is 15.3. The van der Waals surface area contributed by atoms with Crippen LogP contribution in [0, 0.1) is 50.7 Å². The lowest BCUT2D eigenvalue weighted by molar-refractivity contribution is -0.232. The smallest absolute Gasteiger partial charge is 0.411 e. The number of ether oxygens (including phenoxy) is 1. The number of carboxylic acids is 1. The molecule has 11 heteroatoms. The predicted octanol–water partition coefficient (Wildman–Crippen LogP) is 8.77. The number of aliphatic carboxylic acids is 1. The third kappa shape index (κ3) is 6.02. The Balaban J connectivity index is 1.45. The van der Waals surface area contributed by atoms with Gasteiger partial charge in [-0.1, -0.05) is 48.5 Å². The molecule has 3 N–H and O–H groups in total. The van der Waals surface area contributed by atoms with Crippen LogP contribution in [0.4, 0.5) is 18.0 Å². The number of ketones is 1. The van der Waals surface area contributed by atoms with Crippen molar-refractivity contribution in [2.24, 2.45) is 50.7 Å². The van der Waals surface area contributed by atoms with E-state index in [-0.39, 0.29) is 64.1 Å². The highest BCUT2D eigenvalue weighted by atomic mass is 19.4. The van der Waals surface area contributed by atoms with Crippen molar-refractivity contribution < 1.29 is 42.2 Å². The first-order valence-corrected chi connectivity index (χ1v) is 19.0. The lowest BCUT2D eigenvalue weighted by Crippen LogP contribution is -2.68. The largest absolute Gasteiger partial charge is 0.481 e. The molecule has 4 fully saturated rings. The Labute approximate surface area is 301 Å². The molecule has 0 saturated heterocycles. The van der Waals surface area contributed by atoms with Crippen molar-refractivity contribution in [1.29, 1.82) is 0 Å². The van der Waals surface area contributed by atoms with Crippen LogP contribution in [0.3, 0.4) is 0 Å². The third-order valence-electron chi connectivity index (χ3n) is 15.3. The maximum atomic E-state index is 13.8. The average Bonchev–Trinajstić information content (AvgIpc) is 3.25. The van der Waals surface area contributed by atoms with Gasteiger partial charge in [-0.2, -0.15) is 13.2 Å². The highest BCUT2D eigenvalue weighted by Gasteiger charge is 2.70. The quantitative estimate of drug-likeness (QED) is 0.226. The number of rotatable bonds is 7. The van der Waals surface area contributed by atoms with Crippen LogP contribution in [0.15, 0.2) is 11.1 Å². The lowest BCUT2D eigenvalue weighted by atomic mass is 9.33. The van der Waals surface area contributed by atoms with Crippen molar-refractivity contribution in [3.8, 4) is 0 Å². The van der Waals surface area contributed by atoms with E-state index in [9.17, 15) is 37.5 Å². The first-order valence-electron chi connectivity index (χ1n) is 19.0. The number of esters is 1.